The van der Waals surface area contributed by atoms with Crippen LogP contribution in [0.3, 0.4) is 0 Å². The molecule has 0 N–H and O–H groups in total. The highest BCUT2D eigenvalue weighted by molar-refractivity contribution is 7.48. The van der Waals surface area contributed by atoms with Crippen LogP contribution in [0.15, 0.2) is 0 Å². The topological polar surface area (TPSA) is 44.8 Å². The van der Waals surface area contributed by atoms with Gasteiger partial charge in [0, 0.05) is 14.2 Å². The van der Waals surface area contributed by atoms with Crippen LogP contribution >= 0.6 is 7.82 Å². The van der Waals surface area contributed by atoms with Crippen molar-refractivity contribution in [3.05, 3.63) is 0 Å². The standard InChI is InChI=1S/C7H18FO4PSi/c1-10-13(9,11-2)12-6-5-7-14(3,4)8/h5-7H2,1-4H3. The molecule has 0 aromatic carbocycles. The van der Waals surface area contributed by atoms with Crippen LogP contribution in [0.25, 0.3) is 0 Å². The summed E-state index contributed by atoms with van der Waals surface area (Å²) in [5, 5.41) is 0. The molecule has 0 aromatic heterocycles. The Bertz CT molecular complexity index is 198. The van der Waals surface area contributed by atoms with Crippen LogP contribution in [0.1, 0.15) is 6.42 Å². The molecule has 14 heavy (non-hydrogen) atoms. The summed E-state index contributed by atoms with van der Waals surface area (Å²) in [6, 6.07) is 0.487. The molecule has 4 nitrogen and oxygen atoms in total. The molecule has 0 aliphatic carbocycles. The second-order valence-electron chi connectivity index (χ2n) is 3.47. The minimum atomic E-state index is -3.37. The highest BCUT2D eigenvalue weighted by Gasteiger charge is 2.24. The van der Waals surface area contributed by atoms with Crippen LogP contribution in [-0.4, -0.2) is 29.2 Å². The number of phosphoric acid groups is 1. The molecule has 0 heterocycles. The molecule has 0 bridgehead atoms. The first kappa shape index (κ1) is 14.3. The van der Waals surface area contributed by atoms with E-state index in [-0.39, 0.29) is 6.61 Å². The smallest absolute Gasteiger partial charge is 0.314 e. The quantitative estimate of drug-likeness (QED) is 0.299. The van der Waals surface area contributed by atoms with Gasteiger partial charge in [0.1, 0.15) is 0 Å². The summed E-state index contributed by atoms with van der Waals surface area (Å²) < 4.78 is 38.4. The molecule has 0 aliphatic rings. The van der Waals surface area contributed by atoms with E-state index >= 15 is 0 Å². The van der Waals surface area contributed by atoms with Gasteiger partial charge in [-0.05, 0) is 25.6 Å². The zero-order valence-electron chi connectivity index (χ0n) is 9.08. The van der Waals surface area contributed by atoms with E-state index in [1.54, 1.807) is 13.1 Å². The molecule has 7 heteroatoms. The second kappa shape index (κ2) is 5.98. The zero-order chi connectivity index (χ0) is 11.2. The van der Waals surface area contributed by atoms with Crippen molar-refractivity contribution >= 4 is 16.2 Å². The summed E-state index contributed by atoms with van der Waals surface area (Å²) in [6.07, 6.45) is 0.534. The molecule has 0 rings (SSSR count). The van der Waals surface area contributed by atoms with Crippen molar-refractivity contribution in [3.8, 4) is 0 Å². The van der Waals surface area contributed by atoms with Gasteiger partial charge in [0.05, 0.1) is 6.61 Å². The Morgan fingerprint density at radius 3 is 2.14 bits per heavy atom. The van der Waals surface area contributed by atoms with E-state index in [4.69, 9.17) is 4.52 Å². The molecule has 0 atom stereocenters. The average Bonchev–Trinajstić information content (AvgIpc) is 2.11. The Kier molecular flexibility index (Phi) is 6.08. The minimum Gasteiger partial charge on any atom is -0.314 e. The Balaban J connectivity index is 3.69. The third-order valence-corrected chi connectivity index (χ3v) is 4.55. The fourth-order valence-corrected chi connectivity index (χ4v) is 2.55. The van der Waals surface area contributed by atoms with Gasteiger partial charge in [0.25, 0.3) is 0 Å². The van der Waals surface area contributed by atoms with Gasteiger partial charge in [-0.1, -0.05) is 0 Å². The number of halogens is 1. The summed E-state index contributed by atoms with van der Waals surface area (Å²) in [5.41, 5.74) is 0. The molecular formula is C7H18FO4PSi. The molecule has 86 valence electrons. The summed E-state index contributed by atoms with van der Waals surface area (Å²) in [5.74, 6) is 0. The van der Waals surface area contributed by atoms with Gasteiger partial charge in [0.2, 0.25) is 8.41 Å². The molecule has 0 saturated heterocycles. The summed E-state index contributed by atoms with van der Waals surface area (Å²) in [4.78, 5) is 0. The molecule has 0 amide bonds. The van der Waals surface area contributed by atoms with E-state index in [0.717, 1.165) is 0 Å². The molecule has 0 spiro atoms. The number of hydrogen-bond donors (Lipinski definition) is 0. The fourth-order valence-electron chi connectivity index (χ4n) is 0.849. The van der Waals surface area contributed by atoms with Crippen molar-refractivity contribution in [2.45, 2.75) is 25.6 Å². The lowest BCUT2D eigenvalue weighted by Gasteiger charge is -2.14. The summed E-state index contributed by atoms with van der Waals surface area (Å²) >= 11 is 0. The first-order valence-corrected chi connectivity index (χ1v) is 8.92. The fraction of sp³-hybridized carbons (Fsp3) is 1.00. The van der Waals surface area contributed by atoms with E-state index < -0.39 is 16.2 Å². The zero-order valence-corrected chi connectivity index (χ0v) is 11.0. The molecule has 0 unspecified atom stereocenters. The predicted octanol–water partition coefficient (Wildman–Crippen LogP) is 2.97. The third kappa shape index (κ3) is 6.67. The second-order valence-corrected chi connectivity index (χ2v) is 9.29. The number of phosphoric ester groups is 1. The van der Waals surface area contributed by atoms with Crippen molar-refractivity contribution in [1.29, 1.82) is 0 Å². The Morgan fingerprint density at radius 2 is 1.79 bits per heavy atom. The van der Waals surface area contributed by atoms with Crippen LogP contribution in [0.2, 0.25) is 19.1 Å². The summed E-state index contributed by atoms with van der Waals surface area (Å²) in [7, 11) is -3.40. The Morgan fingerprint density at radius 1 is 1.29 bits per heavy atom. The Hall–Kier alpha value is 0.257. The SMILES string of the molecule is COP(=O)(OC)OCCC[Si](C)(C)F. The normalized spacial score (nSPS) is 13.2. The highest BCUT2D eigenvalue weighted by Crippen LogP contribution is 2.47. The number of hydrogen-bond acceptors (Lipinski definition) is 4. The van der Waals surface area contributed by atoms with Crippen molar-refractivity contribution in [2.75, 3.05) is 20.8 Å². The van der Waals surface area contributed by atoms with Gasteiger partial charge in [-0.15, -0.1) is 0 Å². The first-order chi connectivity index (χ1) is 6.33. The van der Waals surface area contributed by atoms with Crippen LogP contribution in [-0.2, 0) is 18.1 Å². The van der Waals surface area contributed by atoms with Gasteiger partial charge in [-0.2, -0.15) is 0 Å². The molecule has 0 aromatic rings. The van der Waals surface area contributed by atoms with E-state index in [9.17, 15) is 8.67 Å². The van der Waals surface area contributed by atoms with E-state index in [1.165, 1.54) is 14.2 Å². The summed E-state index contributed by atoms with van der Waals surface area (Å²) in [6.45, 7) is 3.44. The lowest BCUT2D eigenvalue weighted by atomic mass is 10.5. The Labute approximate surface area is 85.5 Å². The van der Waals surface area contributed by atoms with Crippen molar-refractivity contribution in [1.82, 2.24) is 0 Å². The highest BCUT2D eigenvalue weighted by atomic mass is 31.2. The third-order valence-electron chi connectivity index (χ3n) is 1.61. The molecule has 0 fully saturated rings. The lowest BCUT2D eigenvalue weighted by Crippen LogP contribution is -2.17. The van der Waals surface area contributed by atoms with Gasteiger partial charge >= 0.3 is 7.82 Å². The van der Waals surface area contributed by atoms with Gasteiger partial charge in [0.15, 0.2) is 0 Å². The predicted molar refractivity (Wildman–Crippen MR) is 55.6 cm³/mol. The largest absolute Gasteiger partial charge is 0.474 e. The molecule has 0 radical (unpaired) electrons. The minimum absolute atomic E-state index is 0.194. The van der Waals surface area contributed by atoms with Crippen molar-refractivity contribution in [3.63, 3.8) is 0 Å². The molecule has 0 aliphatic heterocycles. The van der Waals surface area contributed by atoms with Crippen molar-refractivity contribution < 1.29 is 22.2 Å². The number of rotatable bonds is 7. The van der Waals surface area contributed by atoms with Crippen LogP contribution in [0.4, 0.5) is 4.11 Å². The van der Waals surface area contributed by atoms with Gasteiger partial charge < -0.3 is 4.11 Å². The maximum absolute atomic E-state index is 13.1. The maximum atomic E-state index is 13.1. The van der Waals surface area contributed by atoms with Crippen molar-refractivity contribution in [2.24, 2.45) is 0 Å². The van der Waals surface area contributed by atoms with Crippen LogP contribution < -0.4 is 0 Å². The van der Waals surface area contributed by atoms with E-state index in [1.807, 2.05) is 0 Å². The van der Waals surface area contributed by atoms with Gasteiger partial charge in [-0.3, -0.25) is 13.6 Å². The van der Waals surface area contributed by atoms with Crippen LogP contribution in [0, 0.1) is 0 Å². The van der Waals surface area contributed by atoms with E-state index in [0.29, 0.717) is 12.5 Å². The van der Waals surface area contributed by atoms with E-state index in [2.05, 4.69) is 9.05 Å². The molecule has 0 saturated carbocycles. The maximum Gasteiger partial charge on any atom is 0.474 e. The lowest BCUT2D eigenvalue weighted by molar-refractivity contribution is 0.152. The average molecular weight is 244 g/mol. The van der Waals surface area contributed by atoms with Crippen LogP contribution in [0.5, 0.6) is 0 Å². The molecular weight excluding hydrogens is 226 g/mol. The van der Waals surface area contributed by atoms with Gasteiger partial charge in [-0.25, -0.2) is 4.57 Å². The first-order valence-electron chi connectivity index (χ1n) is 4.38. The monoisotopic (exact) mass is 244 g/mol.